The molecule has 0 spiro atoms. The maximum Gasteiger partial charge on any atom is 0.303 e. The predicted molar refractivity (Wildman–Crippen MR) is 67.7 cm³/mol. The summed E-state index contributed by atoms with van der Waals surface area (Å²) in [7, 11) is 0. The van der Waals surface area contributed by atoms with Crippen molar-refractivity contribution in [2.24, 2.45) is 0 Å². The van der Waals surface area contributed by atoms with E-state index in [-0.39, 0.29) is 0 Å². The average molecular weight is 229 g/mol. The van der Waals surface area contributed by atoms with Crippen molar-refractivity contribution < 1.29 is 9.90 Å². The van der Waals surface area contributed by atoms with Crippen LogP contribution in [0.2, 0.25) is 0 Å². The lowest BCUT2D eigenvalue weighted by atomic mass is 10.1. The molecule has 3 nitrogen and oxygen atoms in total. The largest absolute Gasteiger partial charge is 0.481 e. The molecule has 0 aromatic heterocycles. The minimum Gasteiger partial charge on any atom is -0.481 e. The van der Waals surface area contributed by atoms with E-state index in [1.165, 1.54) is 25.7 Å². The van der Waals surface area contributed by atoms with Gasteiger partial charge >= 0.3 is 5.97 Å². The van der Waals surface area contributed by atoms with Gasteiger partial charge in [-0.15, -0.1) is 0 Å². The zero-order valence-corrected chi connectivity index (χ0v) is 10.8. The molecule has 0 bridgehead atoms. The smallest absolute Gasteiger partial charge is 0.303 e. The number of rotatable bonds is 11. The molecule has 0 aliphatic rings. The Labute approximate surface area is 99.6 Å². The van der Waals surface area contributed by atoms with Gasteiger partial charge in [0.15, 0.2) is 0 Å². The summed E-state index contributed by atoms with van der Waals surface area (Å²) in [5, 5.41) is 11.9. The van der Waals surface area contributed by atoms with E-state index in [0.717, 1.165) is 25.8 Å². The Hall–Kier alpha value is -0.570. The number of hydrogen-bond acceptors (Lipinski definition) is 2. The number of aliphatic carboxylic acids is 1. The van der Waals surface area contributed by atoms with Crippen LogP contribution in [0.25, 0.3) is 0 Å². The number of carbonyl (C=O) groups is 1. The Morgan fingerprint density at radius 1 is 1.19 bits per heavy atom. The normalized spacial score (nSPS) is 12.6. The van der Waals surface area contributed by atoms with E-state index in [1.54, 1.807) is 0 Å². The van der Waals surface area contributed by atoms with Crippen molar-refractivity contribution in [3.63, 3.8) is 0 Å². The number of carboxylic acids is 1. The van der Waals surface area contributed by atoms with Gasteiger partial charge in [0.25, 0.3) is 0 Å². The van der Waals surface area contributed by atoms with Gasteiger partial charge in [-0.3, -0.25) is 4.79 Å². The number of nitrogens with one attached hydrogen (secondary N) is 1. The van der Waals surface area contributed by atoms with Gasteiger partial charge in [0.2, 0.25) is 0 Å². The van der Waals surface area contributed by atoms with Crippen molar-refractivity contribution in [2.45, 2.75) is 71.3 Å². The third-order valence-electron chi connectivity index (χ3n) is 2.80. The molecule has 0 saturated carbocycles. The minimum atomic E-state index is -0.680. The predicted octanol–water partition coefficient (Wildman–Crippen LogP) is 3.19. The van der Waals surface area contributed by atoms with E-state index in [9.17, 15) is 4.79 Å². The standard InChI is InChI=1S/C13H27NO2/c1-3-4-6-9-12(2)14-11-8-5-7-10-13(15)16/h12,14H,3-11H2,1-2H3,(H,15,16). The molecule has 2 N–H and O–H groups in total. The summed E-state index contributed by atoms with van der Waals surface area (Å²) in [4.78, 5) is 10.3. The number of unbranched alkanes of at least 4 members (excludes halogenated alkanes) is 4. The fourth-order valence-electron chi connectivity index (χ4n) is 1.73. The van der Waals surface area contributed by atoms with E-state index in [4.69, 9.17) is 5.11 Å². The van der Waals surface area contributed by atoms with Crippen LogP contribution in [0.15, 0.2) is 0 Å². The van der Waals surface area contributed by atoms with Gasteiger partial charge in [-0.2, -0.15) is 0 Å². The van der Waals surface area contributed by atoms with Crippen LogP contribution in [0, 0.1) is 0 Å². The highest BCUT2D eigenvalue weighted by Gasteiger charge is 2.00. The number of carboxylic acid groups (broad SMARTS) is 1. The van der Waals surface area contributed by atoms with Gasteiger partial charge in [-0.05, 0) is 32.7 Å². The number of hydrogen-bond donors (Lipinski definition) is 2. The highest BCUT2D eigenvalue weighted by atomic mass is 16.4. The van der Waals surface area contributed by atoms with E-state index >= 15 is 0 Å². The van der Waals surface area contributed by atoms with Crippen LogP contribution in [0.3, 0.4) is 0 Å². The fourth-order valence-corrected chi connectivity index (χ4v) is 1.73. The van der Waals surface area contributed by atoms with Crippen LogP contribution < -0.4 is 5.32 Å². The summed E-state index contributed by atoms with van der Waals surface area (Å²) in [5.74, 6) is -0.680. The topological polar surface area (TPSA) is 49.3 Å². The molecule has 0 radical (unpaired) electrons. The second kappa shape index (κ2) is 10.9. The van der Waals surface area contributed by atoms with Crippen LogP contribution in [-0.2, 0) is 4.79 Å². The average Bonchev–Trinajstić information content (AvgIpc) is 2.23. The van der Waals surface area contributed by atoms with Crippen molar-refractivity contribution in [3.05, 3.63) is 0 Å². The molecule has 0 rings (SSSR count). The maximum atomic E-state index is 10.3. The second-order valence-corrected chi connectivity index (χ2v) is 4.56. The molecule has 0 heterocycles. The quantitative estimate of drug-likeness (QED) is 0.535. The Bertz CT molecular complexity index is 171. The van der Waals surface area contributed by atoms with E-state index < -0.39 is 5.97 Å². The molecule has 0 aliphatic heterocycles. The monoisotopic (exact) mass is 229 g/mol. The summed E-state index contributed by atoms with van der Waals surface area (Å²) in [6.07, 6.45) is 8.39. The van der Waals surface area contributed by atoms with Crippen LogP contribution >= 0.6 is 0 Å². The Morgan fingerprint density at radius 3 is 2.56 bits per heavy atom. The maximum absolute atomic E-state index is 10.3. The molecular weight excluding hydrogens is 202 g/mol. The van der Waals surface area contributed by atoms with Crippen LogP contribution in [0.5, 0.6) is 0 Å². The van der Waals surface area contributed by atoms with Gasteiger partial charge < -0.3 is 10.4 Å². The first-order valence-corrected chi connectivity index (χ1v) is 6.62. The summed E-state index contributed by atoms with van der Waals surface area (Å²) in [6, 6.07) is 0.603. The second-order valence-electron chi connectivity index (χ2n) is 4.56. The highest BCUT2D eigenvalue weighted by Crippen LogP contribution is 2.03. The molecule has 16 heavy (non-hydrogen) atoms. The third-order valence-corrected chi connectivity index (χ3v) is 2.80. The highest BCUT2D eigenvalue weighted by molar-refractivity contribution is 5.66. The zero-order chi connectivity index (χ0) is 12.2. The third kappa shape index (κ3) is 11.5. The first-order chi connectivity index (χ1) is 7.66. The Balaban J connectivity index is 3.14. The van der Waals surface area contributed by atoms with Crippen LogP contribution in [0.4, 0.5) is 0 Å². The van der Waals surface area contributed by atoms with Crippen molar-refractivity contribution >= 4 is 5.97 Å². The zero-order valence-electron chi connectivity index (χ0n) is 10.8. The summed E-state index contributed by atoms with van der Waals surface area (Å²) >= 11 is 0. The molecule has 96 valence electrons. The van der Waals surface area contributed by atoms with Gasteiger partial charge in [0.1, 0.15) is 0 Å². The summed E-state index contributed by atoms with van der Waals surface area (Å²) in [6.45, 7) is 5.47. The minimum absolute atomic E-state index is 0.312. The summed E-state index contributed by atoms with van der Waals surface area (Å²) in [5.41, 5.74) is 0. The lowest BCUT2D eigenvalue weighted by molar-refractivity contribution is -0.137. The molecule has 0 amide bonds. The van der Waals surface area contributed by atoms with Gasteiger partial charge in [0.05, 0.1) is 0 Å². The lowest BCUT2D eigenvalue weighted by Gasteiger charge is -2.13. The van der Waals surface area contributed by atoms with E-state index in [0.29, 0.717) is 12.5 Å². The Morgan fingerprint density at radius 2 is 1.94 bits per heavy atom. The van der Waals surface area contributed by atoms with Crippen molar-refractivity contribution in [1.29, 1.82) is 0 Å². The van der Waals surface area contributed by atoms with Crippen LogP contribution in [0.1, 0.15) is 65.2 Å². The Kier molecular flexibility index (Phi) is 10.5. The SMILES string of the molecule is CCCCCC(C)NCCCCCC(=O)O. The van der Waals surface area contributed by atoms with Crippen molar-refractivity contribution in [3.8, 4) is 0 Å². The molecule has 0 saturated heterocycles. The molecule has 0 aromatic rings. The summed E-state index contributed by atoms with van der Waals surface area (Å²) < 4.78 is 0. The van der Waals surface area contributed by atoms with Gasteiger partial charge in [-0.1, -0.05) is 32.6 Å². The van der Waals surface area contributed by atoms with Crippen LogP contribution in [-0.4, -0.2) is 23.7 Å². The molecule has 0 aromatic carbocycles. The van der Waals surface area contributed by atoms with E-state index in [2.05, 4.69) is 19.2 Å². The van der Waals surface area contributed by atoms with Gasteiger partial charge in [0, 0.05) is 12.5 Å². The first-order valence-electron chi connectivity index (χ1n) is 6.62. The molecule has 0 aliphatic carbocycles. The molecule has 0 fully saturated rings. The molecule has 3 heteroatoms. The van der Waals surface area contributed by atoms with E-state index in [1.807, 2.05) is 0 Å². The fraction of sp³-hybridized carbons (Fsp3) is 0.923. The van der Waals surface area contributed by atoms with Gasteiger partial charge in [-0.25, -0.2) is 0 Å². The molecule has 1 atom stereocenters. The lowest BCUT2D eigenvalue weighted by Crippen LogP contribution is -2.26. The first kappa shape index (κ1) is 15.4. The van der Waals surface area contributed by atoms with Crippen molar-refractivity contribution in [2.75, 3.05) is 6.54 Å². The molecular formula is C13H27NO2. The van der Waals surface area contributed by atoms with Crippen molar-refractivity contribution in [1.82, 2.24) is 5.32 Å². The molecule has 1 unspecified atom stereocenters.